The minimum atomic E-state index is -0.452. The van der Waals surface area contributed by atoms with Crippen LogP contribution in [0.5, 0.6) is 0 Å². The fraction of sp³-hybridized carbons (Fsp3) is 0.615. The molecule has 0 saturated heterocycles. The summed E-state index contributed by atoms with van der Waals surface area (Å²) in [6, 6.07) is 4.23. The Kier molecular flexibility index (Phi) is 6.10. The van der Waals surface area contributed by atoms with Crippen LogP contribution in [-0.2, 0) is 0 Å². The summed E-state index contributed by atoms with van der Waals surface area (Å²) in [5, 5.41) is 13.3. The van der Waals surface area contributed by atoms with Crippen molar-refractivity contribution < 1.29 is 0 Å². The zero-order valence-electron chi connectivity index (χ0n) is 11.2. The fourth-order valence-electron chi connectivity index (χ4n) is 1.43. The Morgan fingerprint density at radius 2 is 2.33 bits per heavy atom. The summed E-state index contributed by atoms with van der Waals surface area (Å²) in [6.45, 7) is 6.87. The second-order valence-corrected chi connectivity index (χ2v) is 5.51. The van der Waals surface area contributed by atoms with Crippen molar-refractivity contribution in [3.63, 3.8) is 0 Å². The lowest BCUT2D eigenvalue weighted by atomic mass is 10.0. The molecular weight excluding hydrogens is 244 g/mol. The third kappa shape index (κ3) is 5.03. The van der Waals surface area contributed by atoms with Gasteiger partial charge in [0.05, 0.1) is 6.07 Å². The summed E-state index contributed by atoms with van der Waals surface area (Å²) in [5.74, 6) is 0.838. The molecule has 5 heteroatoms. The van der Waals surface area contributed by atoms with Crippen LogP contribution in [0.3, 0.4) is 0 Å². The van der Waals surface area contributed by atoms with E-state index in [0.29, 0.717) is 0 Å². The Balaban J connectivity index is 2.42. The van der Waals surface area contributed by atoms with Gasteiger partial charge in [-0.15, -0.1) is 0 Å². The molecule has 18 heavy (non-hydrogen) atoms. The number of nitrogens with zero attached hydrogens (tertiary/aromatic N) is 3. The first-order valence-corrected chi connectivity index (χ1v) is 7.17. The lowest BCUT2D eigenvalue weighted by molar-refractivity contribution is 0.437. The predicted octanol–water partition coefficient (Wildman–Crippen LogP) is 2.55. The third-order valence-corrected chi connectivity index (χ3v) is 3.48. The standard InChI is InChI=1S/C13H20N4S/c1-4-7-16-13(3,10-14)6-9-18-12-15-8-5-11(2)17-12/h5,8,16H,4,6-7,9H2,1-3H3. The molecule has 0 aliphatic rings. The van der Waals surface area contributed by atoms with E-state index in [1.165, 1.54) is 0 Å². The molecule has 1 rings (SSSR count). The zero-order chi connectivity index (χ0) is 13.4. The van der Waals surface area contributed by atoms with E-state index in [2.05, 4.69) is 28.3 Å². The molecule has 1 atom stereocenters. The number of rotatable bonds is 7. The van der Waals surface area contributed by atoms with Crippen LogP contribution in [0.2, 0.25) is 0 Å². The normalized spacial score (nSPS) is 13.9. The van der Waals surface area contributed by atoms with E-state index >= 15 is 0 Å². The molecule has 0 bridgehead atoms. The second-order valence-electron chi connectivity index (χ2n) is 4.45. The summed E-state index contributed by atoms with van der Waals surface area (Å²) in [5.41, 5.74) is 0.520. The van der Waals surface area contributed by atoms with Gasteiger partial charge in [0.15, 0.2) is 5.16 Å². The van der Waals surface area contributed by atoms with E-state index in [1.54, 1.807) is 18.0 Å². The van der Waals surface area contributed by atoms with Gasteiger partial charge in [0.2, 0.25) is 0 Å². The predicted molar refractivity (Wildman–Crippen MR) is 74.4 cm³/mol. The molecule has 1 N–H and O–H groups in total. The van der Waals surface area contributed by atoms with Gasteiger partial charge in [-0.25, -0.2) is 9.97 Å². The van der Waals surface area contributed by atoms with Gasteiger partial charge in [-0.1, -0.05) is 18.7 Å². The summed E-state index contributed by atoms with van der Waals surface area (Å²) in [7, 11) is 0. The summed E-state index contributed by atoms with van der Waals surface area (Å²) >= 11 is 1.60. The first-order valence-electron chi connectivity index (χ1n) is 6.18. The first kappa shape index (κ1) is 14.9. The molecule has 1 heterocycles. The highest BCUT2D eigenvalue weighted by Crippen LogP contribution is 2.18. The van der Waals surface area contributed by atoms with E-state index < -0.39 is 5.54 Å². The maximum atomic E-state index is 9.20. The van der Waals surface area contributed by atoms with Crippen molar-refractivity contribution in [3.05, 3.63) is 18.0 Å². The summed E-state index contributed by atoms with van der Waals surface area (Å²) in [6.07, 6.45) is 3.58. The number of thioether (sulfide) groups is 1. The number of aryl methyl sites for hydroxylation is 1. The Bertz CT molecular complexity index is 416. The van der Waals surface area contributed by atoms with Crippen molar-refractivity contribution >= 4 is 11.8 Å². The molecule has 0 spiro atoms. The second kappa shape index (κ2) is 7.34. The number of aromatic nitrogens is 2. The van der Waals surface area contributed by atoms with Crippen molar-refractivity contribution in [2.75, 3.05) is 12.3 Å². The van der Waals surface area contributed by atoms with Gasteiger partial charge in [-0.05, 0) is 39.3 Å². The van der Waals surface area contributed by atoms with E-state index in [1.807, 2.05) is 19.9 Å². The lowest BCUT2D eigenvalue weighted by Gasteiger charge is -2.22. The van der Waals surface area contributed by atoms with Crippen LogP contribution in [0.25, 0.3) is 0 Å². The van der Waals surface area contributed by atoms with Gasteiger partial charge in [0, 0.05) is 17.6 Å². The smallest absolute Gasteiger partial charge is 0.187 e. The minimum absolute atomic E-state index is 0.452. The molecule has 1 aromatic rings. The van der Waals surface area contributed by atoms with Gasteiger partial charge in [0.25, 0.3) is 0 Å². The zero-order valence-corrected chi connectivity index (χ0v) is 12.0. The molecule has 0 aromatic carbocycles. The maximum Gasteiger partial charge on any atom is 0.187 e. The molecular formula is C13H20N4S. The lowest BCUT2D eigenvalue weighted by Crippen LogP contribution is -2.41. The Hall–Kier alpha value is -1.12. The van der Waals surface area contributed by atoms with Crippen LogP contribution in [0.1, 0.15) is 32.4 Å². The quantitative estimate of drug-likeness (QED) is 0.606. The van der Waals surface area contributed by atoms with Crippen LogP contribution >= 0.6 is 11.8 Å². The summed E-state index contributed by atoms with van der Waals surface area (Å²) in [4.78, 5) is 8.52. The van der Waals surface area contributed by atoms with Gasteiger partial charge in [-0.3, -0.25) is 5.32 Å². The molecule has 1 aromatic heterocycles. The Morgan fingerprint density at radius 3 is 2.94 bits per heavy atom. The molecule has 4 nitrogen and oxygen atoms in total. The molecule has 98 valence electrons. The Morgan fingerprint density at radius 1 is 1.56 bits per heavy atom. The highest BCUT2D eigenvalue weighted by molar-refractivity contribution is 7.99. The van der Waals surface area contributed by atoms with Gasteiger partial charge < -0.3 is 0 Å². The Labute approximate surface area is 113 Å². The third-order valence-electron chi connectivity index (χ3n) is 2.62. The topological polar surface area (TPSA) is 61.6 Å². The van der Waals surface area contributed by atoms with Gasteiger partial charge >= 0.3 is 0 Å². The minimum Gasteiger partial charge on any atom is -0.300 e. The molecule has 0 amide bonds. The number of nitriles is 1. The van der Waals surface area contributed by atoms with Crippen molar-refractivity contribution in [3.8, 4) is 6.07 Å². The molecule has 0 saturated carbocycles. The molecule has 1 unspecified atom stereocenters. The van der Waals surface area contributed by atoms with Crippen LogP contribution in [0.4, 0.5) is 0 Å². The first-order chi connectivity index (χ1) is 8.59. The highest BCUT2D eigenvalue weighted by atomic mass is 32.2. The molecule has 0 aliphatic carbocycles. The molecule has 0 fully saturated rings. The van der Waals surface area contributed by atoms with E-state index in [4.69, 9.17) is 0 Å². The maximum absolute atomic E-state index is 9.20. The highest BCUT2D eigenvalue weighted by Gasteiger charge is 2.22. The fourth-order valence-corrected chi connectivity index (χ4v) is 2.46. The number of hydrogen-bond acceptors (Lipinski definition) is 5. The van der Waals surface area contributed by atoms with Crippen molar-refractivity contribution in [2.24, 2.45) is 0 Å². The molecule has 0 radical (unpaired) electrons. The van der Waals surface area contributed by atoms with Crippen LogP contribution in [0.15, 0.2) is 17.4 Å². The van der Waals surface area contributed by atoms with Crippen LogP contribution < -0.4 is 5.32 Å². The SMILES string of the molecule is CCCNC(C)(C#N)CCSc1nccc(C)n1. The van der Waals surface area contributed by atoms with Crippen molar-refractivity contribution in [2.45, 2.75) is 44.3 Å². The van der Waals surface area contributed by atoms with Crippen molar-refractivity contribution in [1.29, 1.82) is 5.26 Å². The van der Waals surface area contributed by atoms with Crippen LogP contribution in [0, 0.1) is 18.3 Å². The van der Waals surface area contributed by atoms with Crippen molar-refractivity contribution in [1.82, 2.24) is 15.3 Å². The van der Waals surface area contributed by atoms with Gasteiger partial charge in [0.1, 0.15) is 5.54 Å². The average Bonchev–Trinajstić information content (AvgIpc) is 2.36. The molecule has 0 aliphatic heterocycles. The largest absolute Gasteiger partial charge is 0.300 e. The average molecular weight is 264 g/mol. The number of nitrogens with one attached hydrogen (secondary N) is 1. The van der Waals surface area contributed by atoms with E-state index in [0.717, 1.165) is 36.0 Å². The summed E-state index contributed by atoms with van der Waals surface area (Å²) < 4.78 is 0. The number of hydrogen-bond donors (Lipinski definition) is 1. The van der Waals surface area contributed by atoms with Crippen LogP contribution in [-0.4, -0.2) is 27.8 Å². The van der Waals surface area contributed by atoms with E-state index in [9.17, 15) is 5.26 Å². The van der Waals surface area contributed by atoms with E-state index in [-0.39, 0.29) is 0 Å². The van der Waals surface area contributed by atoms with Gasteiger partial charge in [-0.2, -0.15) is 5.26 Å². The monoisotopic (exact) mass is 264 g/mol.